The van der Waals surface area contributed by atoms with Gasteiger partial charge in [0.15, 0.2) is 0 Å². The summed E-state index contributed by atoms with van der Waals surface area (Å²) in [5.74, 6) is 3.82. The number of nitrogens with one attached hydrogen (secondary N) is 1. The molecule has 1 fully saturated rings. The minimum absolute atomic E-state index is 0.552. The first kappa shape index (κ1) is 14.1. The van der Waals surface area contributed by atoms with Crippen LogP contribution in [0.5, 0.6) is 5.88 Å². The number of ether oxygens (including phenoxy) is 1. The fourth-order valence-electron chi connectivity index (χ4n) is 1.83. The van der Waals surface area contributed by atoms with Crippen LogP contribution in [0, 0.1) is 5.92 Å². The van der Waals surface area contributed by atoms with Crippen molar-refractivity contribution in [1.82, 2.24) is 9.97 Å². The van der Waals surface area contributed by atoms with Gasteiger partial charge in [-0.1, -0.05) is 20.8 Å². The highest BCUT2D eigenvalue weighted by atomic mass is 16.5. The molecule has 106 valence electrons. The van der Waals surface area contributed by atoms with Crippen LogP contribution < -0.4 is 10.1 Å². The highest BCUT2D eigenvalue weighted by molar-refractivity contribution is 5.39. The monoisotopic (exact) mass is 263 g/mol. The number of hydrogen-bond donors (Lipinski definition) is 1. The van der Waals surface area contributed by atoms with Gasteiger partial charge >= 0.3 is 0 Å². The molecule has 2 rings (SSSR count). The topological polar surface area (TPSA) is 47.0 Å². The Kier molecular flexibility index (Phi) is 5.00. The summed E-state index contributed by atoms with van der Waals surface area (Å²) >= 11 is 0. The number of rotatable bonds is 8. The zero-order valence-corrected chi connectivity index (χ0v) is 12.3. The molecule has 1 aliphatic carbocycles. The summed E-state index contributed by atoms with van der Waals surface area (Å²) < 4.78 is 5.65. The van der Waals surface area contributed by atoms with E-state index >= 15 is 0 Å². The Hall–Kier alpha value is -1.32. The van der Waals surface area contributed by atoms with E-state index in [9.17, 15) is 0 Å². The Morgan fingerprint density at radius 2 is 2.16 bits per heavy atom. The number of nitrogens with zero attached hydrogens (tertiary/aromatic N) is 2. The fraction of sp³-hybridized carbons (Fsp3) is 0.733. The maximum atomic E-state index is 5.65. The van der Waals surface area contributed by atoms with Gasteiger partial charge in [0.25, 0.3) is 0 Å². The highest BCUT2D eigenvalue weighted by Gasteiger charge is 2.27. The molecule has 0 bridgehead atoms. The minimum atomic E-state index is 0.552. The lowest BCUT2D eigenvalue weighted by atomic mass is 10.1. The molecule has 4 nitrogen and oxygen atoms in total. The van der Waals surface area contributed by atoms with Gasteiger partial charge in [-0.2, -0.15) is 4.98 Å². The summed E-state index contributed by atoms with van der Waals surface area (Å²) in [6.07, 6.45) is 4.57. The molecule has 0 unspecified atom stereocenters. The van der Waals surface area contributed by atoms with E-state index in [1.165, 1.54) is 12.8 Å². The SMILES string of the molecule is CCCOc1cc(NCCC(C)C)nc(C2CC2)n1. The van der Waals surface area contributed by atoms with E-state index in [0.29, 0.717) is 24.3 Å². The second-order valence-corrected chi connectivity index (χ2v) is 5.68. The number of hydrogen-bond acceptors (Lipinski definition) is 4. The standard InChI is InChI=1S/C15H25N3O/c1-4-9-19-14-10-13(16-8-7-11(2)3)17-15(18-14)12-5-6-12/h10-12H,4-9H2,1-3H3,(H,16,17,18). The Labute approximate surface area is 116 Å². The van der Waals surface area contributed by atoms with Crippen molar-refractivity contribution in [3.05, 3.63) is 11.9 Å². The molecule has 0 saturated heterocycles. The molecule has 4 heteroatoms. The molecular formula is C15H25N3O. The van der Waals surface area contributed by atoms with Crippen LogP contribution in [0.3, 0.4) is 0 Å². The lowest BCUT2D eigenvalue weighted by Crippen LogP contribution is -2.09. The van der Waals surface area contributed by atoms with Crippen LogP contribution in [0.4, 0.5) is 5.82 Å². The van der Waals surface area contributed by atoms with Gasteiger partial charge in [0.2, 0.25) is 5.88 Å². The van der Waals surface area contributed by atoms with Gasteiger partial charge in [0.05, 0.1) is 6.61 Å². The van der Waals surface area contributed by atoms with E-state index in [2.05, 4.69) is 36.1 Å². The predicted octanol–water partition coefficient (Wildman–Crippen LogP) is 3.60. The van der Waals surface area contributed by atoms with Crippen LogP contribution in [-0.4, -0.2) is 23.1 Å². The zero-order valence-electron chi connectivity index (χ0n) is 12.3. The van der Waals surface area contributed by atoms with E-state index in [-0.39, 0.29) is 0 Å². The highest BCUT2D eigenvalue weighted by Crippen LogP contribution is 2.39. The van der Waals surface area contributed by atoms with E-state index < -0.39 is 0 Å². The molecule has 0 amide bonds. The zero-order chi connectivity index (χ0) is 13.7. The van der Waals surface area contributed by atoms with E-state index in [1.54, 1.807) is 0 Å². The van der Waals surface area contributed by atoms with Crippen molar-refractivity contribution in [2.45, 2.75) is 52.4 Å². The molecule has 1 aromatic rings. The molecule has 0 atom stereocenters. The average molecular weight is 263 g/mol. The van der Waals surface area contributed by atoms with E-state index in [0.717, 1.165) is 31.0 Å². The van der Waals surface area contributed by atoms with Crippen LogP contribution in [0.2, 0.25) is 0 Å². The summed E-state index contributed by atoms with van der Waals surface area (Å²) in [6.45, 7) is 8.23. The molecule has 0 spiro atoms. The van der Waals surface area contributed by atoms with Gasteiger partial charge in [0.1, 0.15) is 11.6 Å². The third-order valence-corrected chi connectivity index (χ3v) is 3.14. The van der Waals surface area contributed by atoms with Crippen LogP contribution in [0.25, 0.3) is 0 Å². The molecule has 0 aromatic carbocycles. The summed E-state index contributed by atoms with van der Waals surface area (Å²) in [5, 5.41) is 3.38. The van der Waals surface area contributed by atoms with Gasteiger partial charge in [0, 0.05) is 18.5 Å². The van der Waals surface area contributed by atoms with Crippen molar-refractivity contribution >= 4 is 5.82 Å². The molecule has 0 aliphatic heterocycles. The third kappa shape index (κ3) is 4.69. The molecule has 1 heterocycles. The Morgan fingerprint density at radius 3 is 2.79 bits per heavy atom. The second kappa shape index (κ2) is 6.73. The van der Waals surface area contributed by atoms with Crippen LogP contribution in [0.1, 0.15) is 58.2 Å². The van der Waals surface area contributed by atoms with E-state index in [4.69, 9.17) is 4.74 Å². The summed E-state index contributed by atoms with van der Waals surface area (Å²) in [7, 11) is 0. The fourth-order valence-corrected chi connectivity index (χ4v) is 1.83. The molecule has 1 saturated carbocycles. The smallest absolute Gasteiger partial charge is 0.218 e. The van der Waals surface area contributed by atoms with Gasteiger partial charge < -0.3 is 10.1 Å². The normalized spacial score (nSPS) is 14.7. The Bertz CT molecular complexity index is 402. The summed E-state index contributed by atoms with van der Waals surface area (Å²) in [5.41, 5.74) is 0. The van der Waals surface area contributed by atoms with Gasteiger partial charge in [-0.25, -0.2) is 4.98 Å². The van der Waals surface area contributed by atoms with E-state index in [1.807, 2.05) is 6.07 Å². The quantitative estimate of drug-likeness (QED) is 0.778. The van der Waals surface area contributed by atoms with Crippen molar-refractivity contribution in [3.63, 3.8) is 0 Å². The van der Waals surface area contributed by atoms with Crippen LogP contribution in [0.15, 0.2) is 6.07 Å². The lowest BCUT2D eigenvalue weighted by molar-refractivity contribution is 0.303. The number of aromatic nitrogens is 2. The van der Waals surface area contributed by atoms with Crippen molar-refractivity contribution in [1.29, 1.82) is 0 Å². The minimum Gasteiger partial charge on any atom is -0.478 e. The predicted molar refractivity (Wildman–Crippen MR) is 77.7 cm³/mol. The molecule has 1 aliphatic rings. The molecule has 1 aromatic heterocycles. The summed E-state index contributed by atoms with van der Waals surface area (Å²) in [4.78, 5) is 9.10. The summed E-state index contributed by atoms with van der Waals surface area (Å²) in [6, 6.07) is 1.92. The first-order valence-electron chi connectivity index (χ1n) is 7.44. The molecular weight excluding hydrogens is 238 g/mol. The molecule has 19 heavy (non-hydrogen) atoms. The van der Waals surface area contributed by atoms with Crippen molar-refractivity contribution < 1.29 is 4.74 Å². The lowest BCUT2D eigenvalue weighted by Gasteiger charge is -2.11. The van der Waals surface area contributed by atoms with Gasteiger partial charge in [-0.05, 0) is 31.6 Å². The van der Waals surface area contributed by atoms with Crippen LogP contribution in [-0.2, 0) is 0 Å². The first-order chi connectivity index (χ1) is 9.19. The van der Waals surface area contributed by atoms with Crippen molar-refractivity contribution in [2.75, 3.05) is 18.5 Å². The molecule has 1 N–H and O–H groups in total. The molecule has 0 radical (unpaired) electrons. The largest absolute Gasteiger partial charge is 0.478 e. The maximum absolute atomic E-state index is 5.65. The Morgan fingerprint density at radius 1 is 1.37 bits per heavy atom. The Balaban J connectivity index is 2.01. The van der Waals surface area contributed by atoms with Crippen LogP contribution >= 0.6 is 0 Å². The van der Waals surface area contributed by atoms with Gasteiger partial charge in [-0.3, -0.25) is 0 Å². The first-order valence-corrected chi connectivity index (χ1v) is 7.44. The van der Waals surface area contributed by atoms with Crippen molar-refractivity contribution in [3.8, 4) is 5.88 Å². The maximum Gasteiger partial charge on any atom is 0.218 e. The number of anilines is 1. The van der Waals surface area contributed by atoms with Crippen molar-refractivity contribution in [2.24, 2.45) is 5.92 Å². The third-order valence-electron chi connectivity index (χ3n) is 3.14. The second-order valence-electron chi connectivity index (χ2n) is 5.68. The average Bonchev–Trinajstić information content (AvgIpc) is 3.20. The van der Waals surface area contributed by atoms with Gasteiger partial charge in [-0.15, -0.1) is 0 Å².